The van der Waals surface area contributed by atoms with E-state index in [4.69, 9.17) is 10.00 Å². The van der Waals surface area contributed by atoms with E-state index in [1.54, 1.807) is 6.07 Å². The van der Waals surface area contributed by atoms with Crippen molar-refractivity contribution in [2.75, 3.05) is 0 Å². The summed E-state index contributed by atoms with van der Waals surface area (Å²) in [5.41, 5.74) is 0.238. The Morgan fingerprint density at radius 1 is 1.20 bits per heavy atom. The fourth-order valence-corrected chi connectivity index (χ4v) is 1.61. The largest absolute Gasteiger partial charge is 0.451 e. The van der Waals surface area contributed by atoms with E-state index < -0.39 is 23.2 Å². The highest BCUT2D eigenvalue weighted by molar-refractivity contribution is 5.94. The minimum atomic E-state index is -0.974. The van der Waals surface area contributed by atoms with Gasteiger partial charge in [-0.25, -0.2) is 8.78 Å². The van der Waals surface area contributed by atoms with Gasteiger partial charge >= 0.3 is 0 Å². The maximum atomic E-state index is 13.8. The van der Waals surface area contributed by atoms with Gasteiger partial charge < -0.3 is 4.74 Å². The van der Waals surface area contributed by atoms with Crippen LogP contribution in [0.2, 0.25) is 0 Å². The molecule has 0 bridgehead atoms. The van der Waals surface area contributed by atoms with E-state index in [0.29, 0.717) is 5.56 Å². The van der Waals surface area contributed by atoms with Gasteiger partial charge in [-0.2, -0.15) is 5.26 Å². The number of halogens is 2. The molecule has 5 heteroatoms. The fraction of sp³-hybridized carbons (Fsp3) is 0.0667. The topological polar surface area (TPSA) is 50.1 Å². The van der Waals surface area contributed by atoms with Crippen LogP contribution in [-0.2, 0) is 0 Å². The molecule has 0 atom stereocenters. The minimum absolute atomic E-state index is 0.0712. The predicted octanol–water partition coefficient (Wildman–Crippen LogP) is 3.83. The Balaban J connectivity index is 2.39. The van der Waals surface area contributed by atoms with Crippen LogP contribution in [0.25, 0.3) is 0 Å². The van der Waals surface area contributed by atoms with Crippen molar-refractivity contribution in [1.29, 1.82) is 5.26 Å². The maximum absolute atomic E-state index is 13.8. The van der Waals surface area contributed by atoms with Gasteiger partial charge in [0.2, 0.25) is 0 Å². The Morgan fingerprint density at radius 3 is 2.40 bits per heavy atom. The number of ketones is 1. The molecule has 0 aromatic heterocycles. The highest BCUT2D eigenvalue weighted by Gasteiger charge is 2.15. The summed E-state index contributed by atoms with van der Waals surface area (Å²) in [7, 11) is 0. The monoisotopic (exact) mass is 273 g/mol. The first-order chi connectivity index (χ1) is 9.51. The van der Waals surface area contributed by atoms with E-state index in [2.05, 4.69) is 0 Å². The maximum Gasteiger partial charge on any atom is 0.198 e. The zero-order valence-corrected chi connectivity index (χ0v) is 10.5. The number of carbonyl (C=O) groups excluding carboxylic acids is 1. The molecule has 2 aromatic rings. The Bertz CT molecular complexity index is 697. The van der Waals surface area contributed by atoms with Crippen molar-refractivity contribution in [2.24, 2.45) is 0 Å². The number of Topliss-reactive ketones (excluding diaryl/α,β-unsaturated/α-hetero) is 1. The van der Waals surface area contributed by atoms with Crippen molar-refractivity contribution in [3.8, 4) is 17.6 Å². The van der Waals surface area contributed by atoms with E-state index in [1.807, 2.05) is 6.07 Å². The molecule has 0 saturated heterocycles. The molecule has 0 amide bonds. The Hall–Kier alpha value is -2.74. The molecule has 0 aliphatic rings. The summed E-state index contributed by atoms with van der Waals surface area (Å²) < 4.78 is 32.6. The molecule has 20 heavy (non-hydrogen) atoms. The van der Waals surface area contributed by atoms with Gasteiger partial charge in [0.1, 0.15) is 5.75 Å². The fourth-order valence-electron chi connectivity index (χ4n) is 1.61. The van der Waals surface area contributed by atoms with Crippen LogP contribution in [0, 0.1) is 23.0 Å². The van der Waals surface area contributed by atoms with Gasteiger partial charge in [0.25, 0.3) is 0 Å². The lowest BCUT2D eigenvalue weighted by atomic mass is 10.1. The van der Waals surface area contributed by atoms with Crippen LogP contribution in [0.5, 0.6) is 11.5 Å². The zero-order valence-electron chi connectivity index (χ0n) is 10.5. The molecule has 0 fully saturated rings. The number of rotatable bonds is 3. The average molecular weight is 273 g/mol. The summed E-state index contributed by atoms with van der Waals surface area (Å²) in [5.74, 6) is -2.86. The Labute approximate surface area is 114 Å². The predicted molar refractivity (Wildman–Crippen MR) is 67.6 cm³/mol. The van der Waals surface area contributed by atoms with Crippen molar-refractivity contribution >= 4 is 5.78 Å². The first kappa shape index (κ1) is 13.7. The zero-order chi connectivity index (χ0) is 14.7. The molecule has 0 aliphatic carbocycles. The van der Waals surface area contributed by atoms with Crippen LogP contribution < -0.4 is 4.74 Å². The molecule has 0 heterocycles. The molecule has 0 unspecified atom stereocenters. The molecule has 0 radical (unpaired) electrons. The standard InChI is InChI=1S/C15H9F2NO2/c1-9(19)11-6-13(16)15(14(17)7-11)20-12-4-2-3-10(5-12)8-18/h2-7H,1H3. The number of benzene rings is 2. The number of ether oxygens (including phenoxy) is 1. The van der Waals surface area contributed by atoms with Gasteiger partial charge in [-0.05, 0) is 37.3 Å². The molecule has 3 nitrogen and oxygen atoms in total. The van der Waals surface area contributed by atoms with E-state index in [1.165, 1.54) is 25.1 Å². The lowest BCUT2D eigenvalue weighted by Crippen LogP contribution is -1.99. The van der Waals surface area contributed by atoms with Crippen molar-refractivity contribution in [1.82, 2.24) is 0 Å². The lowest BCUT2D eigenvalue weighted by Gasteiger charge is -2.09. The highest BCUT2D eigenvalue weighted by atomic mass is 19.1. The first-order valence-electron chi connectivity index (χ1n) is 5.69. The van der Waals surface area contributed by atoms with Crippen molar-refractivity contribution in [3.63, 3.8) is 0 Å². The number of hydrogen-bond donors (Lipinski definition) is 0. The van der Waals surface area contributed by atoms with E-state index >= 15 is 0 Å². The smallest absolute Gasteiger partial charge is 0.198 e. The number of nitrogens with zero attached hydrogens (tertiary/aromatic N) is 1. The second-order valence-corrected chi connectivity index (χ2v) is 4.07. The molecule has 100 valence electrons. The second-order valence-electron chi connectivity index (χ2n) is 4.07. The SMILES string of the molecule is CC(=O)c1cc(F)c(Oc2cccc(C#N)c2)c(F)c1. The van der Waals surface area contributed by atoms with E-state index in [9.17, 15) is 13.6 Å². The lowest BCUT2D eigenvalue weighted by molar-refractivity contribution is 0.101. The van der Waals surface area contributed by atoms with Gasteiger partial charge in [0.05, 0.1) is 11.6 Å². The molecule has 2 aromatic carbocycles. The first-order valence-corrected chi connectivity index (χ1v) is 5.69. The van der Waals surface area contributed by atoms with Crippen molar-refractivity contribution in [2.45, 2.75) is 6.92 Å². The third-order valence-corrected chi connectivity index (χ3v) is 2.59. The van der Waals surface area contributed by atoms with E-state index in [-0.39, 0.29) is 11.3 Å². The molecule has 2 rings (SSSR count). The van der Waals surface area contributed by atoms with Crippen LogP contribution in [0.4, 0.5) is 8.78 Å². The minimum Gasteiger partial charge on any atom is -0.451 e. The van der Waals surface area contributed by atoms with Gasteiger partial charge in [-0.3, -0.25) is 4.79 Å². The summed E-state index contributed by atoms with van der Waals surface area (Å²) in [6.07, 6.45) is 0. The van der Waals surface area contributed by atoms with Gasteiger partial charge in [-0.1, -0.05) is 6.07 Å². The average Bonchev–Trinajstić information content (AvgIpc) is 2.42. The summed E-state index contributed by atoms with van der Waals surface area (Å²) >= 11 is 0. The summed E-state index contributed by atoms with van der Waals surface area (Å²) in [5, 5.41) is 8.74. The second kappa shape index (κ2) is 5.49. The highest BCUT2D eigenvalue weighted by Crippen LogP contribution is 2.29. The van der Waals surface area contributed by atoms with Gasteiger partial charge in [0.15, 0.2) is 23.2 Å². The third-order valence-electron chi connectivity index (χ3n) is 2.59. The van der Waals surface area contributed by atoms with Crippen LogP contribution in [0.1, 0.15) is 22.8 Å². The van der Waals surface area contributed by atoms with Crippen LogP contribution >= 0.6 is 0 Å². The third kappa shape index (κ3) is 2.81. The molecule has 0 aliphatic heterocycles. The van der Waals surface area contributed by atoms with Gasteiger partial charge in [0, 0.05) is 5.56 Å². The summed E-state index contributed by atoms with van der Waals surface area (Å²) in [6.45, 7) is 1.21. The number of hydrogen-bond acceptors (Lipinski definition) is 3. The Morgan fingerprint density at radius 2 is 1.85 bits per heavy atom. The van der Waals surface area contributed by atoms with Crippen molar-refractivity contribution < 1.29 is 18.3 Å². The van der Waals surface area contributed by atoms with Crippen LogP contribution in [0.15, 0.2) is 36.4 Å². The Kier molecular flexibility index (Phi) is 3.76. The van der Waals surface area contributed by atoms with E-state index in [0.717, 1.165) is 12.1 Å². The number of nitriles is 1. The van der Waals surface area contributed by atoms with Crippen LogP contribution in [-0.4, -0.2) is 5.78 Å². The van der Waals surface area contributed by atoms with Gasteiger partial charge in [-0.15, -0.1) is 0 Å². The number of carbonyl (C=O) groups is 1. The molecular formula is C15H9F2NO2. The molecule has 0 spiro atoms. The normalized spacial score (nSPS) is 9.90. The summed E-state index contributed by atoms with van der Waals surface area (Å²) in [4.78, 5) is 11.1. The molecule has 0 saturated carbocycles. The van der Waals surface area contributed by atoms with Crippen LogP contribution in [0.3, 0.4) is 0 Å². The molecular weight excluding hydrogens is 264 g/mol. The summed E-state index contributed by atoms with van der Waals surface area (Å²) in [6, 6.07) is 9.62. The van der Waals surface area contributed by atoms with Crippen molar-refractivity contribution in [3.05, 3.63) is 59.2 Å². The molecule has 0 N–H and O–H groups in total. The quantitative estimate of drug-likeness (QED) is 0.798.